The minimum atomic E-state index is 0.869. The van der Waals surface area contributed by atoms with E-state index in [2.05, 4.69) is 20.1 Å². The molecular weight excluding hydrogens is 264 g/mol. The molecule has 0 unspecified atom stereocenters. The van der Waals surface area contributed by atoms with Crippen molar-refractivity contribution >= 4 is 11.0 Å². The van der Waals surface area contributed by atoms with E-state index in [-0.39, 0.29) is 0 Å². The number of rotatable bonds is 2. The number of fused-ring (bicyclic) bond motifs is 1. The fourth-order valence-corrected chi connectivity index (χ4v) is 2.61. The topological polar surface area (TPSA) is 64.3 Å². The van der Waals surface area contributed by atoms with Crippen LogP contribution >= 0.6 is 0 Å². The van der Waals surface area contributed by atoms with Gasteiger partial charge in [-0.25, -0.2) is 9.97 Å². The maximum atomic E-state index is 4.57. The van der Waals surface area contributed by atoms with Gasteiger partial charge in [0.25, 0.3) is 0 Å². The summed E-state index contributed by atoms with van der Waals surface area (Å²) in [5.74, 6) is 0. The van der Waals surface area contributed by atoms with Crippen LogP contribution in [0.5, 0.6) is 0 Å². The molecule has 0 fully saturated rings. The first kappa shape index (κ1) is 11.9. The standard InChI is InChI=1S/C15H14N6/c1-20-8-13(18-9-20)14-12(7-21(2)19-14)10-3-5-16-15-11(10)4-6-17-15/h3-9H,1-2H3,(H,16,17). The van der Waals surface area contributed by atoms with Gasteiger partial charge in [0.05, 0.1) is 6.33 Å². The lowest BCUT2D eigenvalue weighted by atomic mass is 10.0. The Bertz CT molecular complexity index is 927. The molecule has 0 aliphatic carbocycles. The number of hydrogen-bond donors (Lipinski definition) is 1. The highest BCUT2D eigenvalue weighted by Crippen LogP contribution is 2.33. The Hall–Kier alpha value is -2.89. The lowest BCUT2D eigenvalue weighted by Crippen LogP contribution is -1.88. The molecule has 4 aromatic heterocycles. The third-order valence-electron chi connectivity index (χ3n) is 3.53. The summed E-state index contributed by atoms with van der Waals surface area (Å²) in [4.78, 5) is 11.9. The van der Waals surface area contributed by atoms with Crippen LogP contribution in [-0.2, 0) is 14.1 Å². The zero-order valence-electron chi connectivity index (χ0n) is 11.8. The molecule has 6 nitrogen and oxygen atoms in total. The maximum absolute atomic E-state index is 4.57. The van der Waals surface area contributed by atoms with Crippen molar-refractivity contribution in [2.45, 2.75) is 0 Å². The van der Waals surface area contributed by atoms with Crippen LogP contribution in [0.4, 0.5) is 0 Å². The van der Waals surface area contributed by atoms with Gasteiger partial charge in [0.15, 0.2) is 0 Å². The monoisotopic (exact) mass is 278 g/mol. The molecule has 0 saturated heterocycles. The summed E-state index contributed by atoms with van der Waals surface area (Å²) in [5, 5.41) is 5.66. The van der Waals surface area contributed by atoms with Gasteiger partial charge < -0.3 is 9.55 Å². The van der Waals surface area contributed by atoms with E-state index in [1.165, 1.54) is 0 Å². The molecule has 0 amide bonds. The van der Waals surface area contributed by atoms with Gasteiger partial charge in [-0.05, 0) is 17.7 Å². The molecule has 4 aromatic rings. The van der Waals surface area contributed by atoms with Crippen molar-refractivity contribution in [3.05, 3.63) is 43.2 Å². The summed E-state index contributed by atoms with van der Waals surface area (Å²) in [6, 6.07) is 4.05. The van der Waals surface area contributed by atoms with Gasteiger partial charge in [-0.2, -0.15) is 5.10 Å². The van der Waals surface area contributed by atoms with Crippen molar-refractivity contribution in [3.8, 4) is 22.5 Å². The first-order chi connectivity index (χ1) is 10.2. The minimum absolute atomic E-state index is 0.869. The number of hydrogen-bond acceptors (Lipinski definition) is 3. The molecule has 6 heteroatoms. The number of nitrogens with zero attached hydrogens (tertiary/aromatic N) is 5. The molecular formula is C15H14N6. The Kier molecular flexibility index (Phi) is 2.44. The van der Waals surface area contributed by atoms with Crippen LogP contribution in [0.3, 0.4) is 0 Å². The molecule has 0 saturated carbocycles. The molecule has 0 aliphatic rings. The average molecular weight is 278 g/mol. The number of H-pyrrole nitrogens is 1. The number of aromatic nitrogens is 6. The highest BCUT2D eigenvalue weighted by atomic mass is 15.3. The van der Waals surface area contributed by atoms with Crippen molar-refractivity contribution in [1.29, 1.82) is 0 Å². The van der Waals surface area contributed by atoms with Crippen LogP contribution in [-0.4, -0.2) is 29.3 Å². The van der Waals surface area contributed by atoms with E-state index < -0.39 is 0 Å². The predicted octanol–water partition coefficient (Wildman–Crippen LogP) is 2.36. The van der Waals surface area contributed by atoms with E-state index in [1.807, 2.05) is 60.3 Å². The second-order valence-electron chi connectivity index (χ2n) is 5.09. The molecule has 0 bridgehead atoms. The Labute approximate surface area is 121 Å². The van der Waals surface area contributed by atoms with Crippen molar-refractivity contribution in [2.24, 2.45) is 14.1 Å². The Morgan fingerprint density at radius 1 is 1.05 bits per heavy atom. The minimum Gasteiger partial charge on any atom is -0.346 e. The molecule has 4 heterocycles. The highest BCUT2D eigenvalue weighted by molar-refractivity contribution is 5.96. The summed E-state index contributed by atoms with van der Waals surface area (Å²) in [6.45, 7) is 0. The number of aromatic amines is 1. The number of aryl methyl sites for hydroxylation is 2. The predicted molar refractivity (Wildman–Crippen MR) is 80.5 cm³/mol. The molecule has 0 radical (unpaired) electrons. The fourth-order valence-electron chi connectivity index (χ4n) is 2.61. The van der Waals surface area contributed by atoms with Gasteiger partial charge in [-0.15, -0.1) is 0 Å². The molecule has 104 valence electrons. The fraction of sp³-hybridized carbons (Fsp3) is 0.133. The highest BCUT2D eigenvalue weighted by Gasteiger charge is 2.16. The zero-order chi connectivity index (χ0) is 14.4. The molecule has 0 aromatic carbocycles. The van der Waals surface area contributed by atoms with Crippen molar-refractivity contribution in [1.82, 2.24) is 29.3 Å². The summed E-state index contributed by atoms with van der Waals surface area (Å²) < 4.78 is 3.74. The van der Waals surface area contributed by atoms with Gasteiger partial charge >= 0.3 is 0 Å². The Balaban J connectivity index is 1.99. The third-order valence-corrected chi connectivity index (χ3v) is 3.53. The lowest BCUT2D eigenvalue weighted by molar-refractivity contribution is 0.770. The van der Waals surface area contributed by atoms with Crippen LogP contribution in [0.15, 0.2) is 43.2 Å². The molecule has 0 atom stereocenters. The van der Waals surface area contributed by atoms with E-state index in [0.717, 1.165) is 33.5 Å². The van der Waals surface area contributed by atoms with Crippen LogP contribution < -0.4 is 0 Å². The van der Waals surface area contributed by atoms with Crippen LogP contribution in [0.1, 0.15) is 0 Å². The Morgan fingerprint density at radius 3 is 2.76 bits per heavy atom. The van der Waals surface area contributed by atoms with E-state index in [4.69, 9.17) is 0 Å². The van der Waals surface area contributed by atoms with Crippen LogP contribution in [0.25, 0.3) is 33.5 Å². The smallest absolute Gasteiger partial charge is 0.137 e. The summed E-state index contributed by atoms with van der Waals surface area (Å²) in [7, 11) is 3.88. The zero-order valence-corrected chi connectivity index (χ0v) is 11.8. The van der Waals surface area contributed by atoms with Gasteiger partial charge in [0, 0.05) is 49.8 Å². The first-order valence-corrected chi connectivity index (χ1v) is 6.67. The summed E-state index contributed by atoms with van der Waals surface area (Å²) in [6.07, 6.45) is 9.49. The molecule has 1 N–H and O–H groups in total. The second kappa shape index (κ2) is 4.31. The van der Waals surface area contributed by atoms with Gasteiger partial charge in [0.2, 0.25) is 0 Å². The largest absolute Gasteiger partial charge is 0.346 e. The normalized spacial score (nSPS) is 11.3. The summed E-state index contributed by atoms with van der Waals surface area (Å²) >= 11 is 0. The lowest BCUT2D eigenvalue weighted by Gasteiger charge is -2.02. The SMILES string of the molecule is Cn1cnc(-c2nn(C)cc2-c2ccnc3[nH]ccc23)c1. The van der Waals surface area contributed by atoms with Gasteiger partial charge in [-0.3, -0.25) is 4.68 Å². The van der Waals surface area contributed by atoms with Crippen LogP contribution in [0.2, 0.25) is 0 Å². The second-order valence-corrected chi connectivity index (χ2v) is 5.09. The van der Waals surface area contributed by atoms with Crippen LogP contribution in [0, 0.1) is 0 Å². The van der Waals surface area contributed by atoms with E-state index in [9.17, 15) is 0 Å². The Morgan fingerprint density at radius 2 is 1.95 bits per heavy atom. The van der Waals surface area contributed by atoms with Gasteiger partial charge in [0.1, 0.15) is 17.0 Å². The number of nitrogens with one attached hydrogen (secondary N) is 1. The molecule has 21 heavy (non-hydrogen) atoms. The average Bonchev–Trinajstić information content (AvgIpc) is 3.16. The van der Waals surface area contributed by atoms with Crippen molar-refractivity contribution in [3.63, 3.8) is 0 Å². The third kappa shape index (κ3) is 1.84. The van der Waals surface area contributed by atoms with Crippen molar-refractivity contribution in [2.75, 3.05) is 0 Å². The van der Waals surface area contributed by atoms with E-state index in [0.29, 0.717) is 0 Å². The van der Waals surface area contributed by atoms with Gasteiger partial charge in [-0.1, -0.05) is 0 Å². The van der Waals surface area contributed by atoms with E-state index >= 15 is 0 Å². The molecule has 4 rings (SSSR count). The van der Waals surface area contributed by atoms with Crippen molar-refractivity contribution < 1.29 is 0 Å². The first-order valence-electron chi connectivity index (χ1n) is 6.67. The summed E-state index contributed by atoms with van der Waals surface area (Å²) in [5.41, 5.74) is 4.79. The number of pyridine rings is 1. The quantitative estimate of drug-likeness (QED) is 0.612. The maximum Gasteiger partial charge on any atom is 0.137 e. The molecule has 0 spiro atoms. The van der Waals surface area contributed by atoms with E-state index in [1.54, 1.807) is 6.33 Å². The molecule has 0 aliphatic heterocycles. The number of imidazole rings is 1.